The second-order valence-electron chi connectivity index (χ2n) is 4.42. The molecule has 0 bridgehead atoms. The molecule has 0 fully saturated rings. The maximum atomic E-state index is 9.46. The van der Waals surface area contributed by atoms with Gasteiger partial charge in [0, 0.05) is 24.1 Å². The van der Waals surface area contributed by atoms with Gasteiger partial charge in [-0.1, -0.05) is 60.7 Å². The summed E-state index contributed by atoms with van der Waals surface area (Å²) in [6.07, 6.45) is 0. The molecule has 2 N–H and O–H groups in total. The SMILES string of the molecule is OCC(SOSC(CO)c1ccccc1)c1ccccc1. The maximum absolute atomic E-state index is 9.46. The molecule has 0 radical (unpaired) electrons. The van der Waals surface area contributed by atoms with Crippen LogP contribution in [0.5, 0.6) is 0 Å². The van der Waals surface area contributed by atoms with E-state index in [-0.39, 0.29) is 23.7 Å². The Labute approximate surface area is 133 Å². The quantitative estimate of drug-likeness (QED) is 0.725. The van der Waals surface area contributed by atoms with Gasteiger partial charge in [0.2, 0.25) is 0 Å². The number of hydrogen-bond donors (Lipinski definition) is 2. The van der Waals surface area contributed by atoms with Gasteiger partial charge in [-0.2, -0.15) is 0 Å². The van der Waals surface area contributed by atoms with Crippen molar-refractivity contribution >= 4 is 24.1 Å². The third-order valence-corrected chi connectivity index (χ3v) is 4.92. The Bertz CT molecular complexity index is 460. The molecule has 21 heavy (non-hydrogen) atoms. The van der Waals surface area contributed by atoms with E-state index in [4.69, 9.17) is 3.63 Å². The lowest BCUT2D eigenvalue weighted by atomic mass is 10.2. The Balaban J connectivity index is 1.87. The molecule has 5 heteroatoms. The van der Waals surface area contributed by atoms with Gasteiger partial charge in [0.1, 0.15) is 0 Å². The predicted molar refractivity (Wildman–Crippen MR) is 88.8 cm³/mol. The van der Waals surface area contributed by atoms with Crippen molar-refractivity contribution in [2.45, 2.75) is 10.5 Å². The van der Waals surface area contributed by atoms with Crippen LogP contribution in [-0.4, -0.2) is 23.4 Å². The van der Waals surface area contributed by atoms with E-state index in [9.17, 15) is 10.2 Å². The summed E-state index contributed by atoms with van der Waals surface area (Å²) in [7, 11) is 0. The normalized spacial score (nSPS) is 13.8. The maximum Gasteiger partial charge on any atom is 0.0804 e. The molecule has 0 amide bonds. The molecule has 0 aromatic heterocycles. The average molecular weight is 322 g/mol. The van der Waals surface area contributed by atoms with Crippen LogP contribution in [0.15, 0.2) is 60.7 Å². The van der Waals surface area contributed by atoms with Crippen molar-refractivity contribution in [2.24, 2.45) is 0 Å². The largest absolute Gasteiger partial charge is 0.395 e. The van der Waals surface area contributed by atoms with Crippen molar-refractivity contribution in [3.05, 3.63) is 71.8 Å². The predicted octanol–water partition coefficient (Wildman–Crippen LogP) is 3.77. The van der Waals surface area contributed by atoms with E-state index >= 15 is 0 Å². The van der Waals surface area contributed by atoms with E-state index < -0.39 is 0 Å². The number of aliphatic hydroxyl groups excluding tert-OH is 2. The van der Waals surface area contributed by atoms with E-state index in [2.05, 4.69) is 0 Å². The van der Waals surface area contributed by atoms with Crippen LogP contribution < -0.4 is 0 Å². The van der Waals surface area contributed by atoms with Gasteiger partial charge in [-0.15, -0.1) is 0 Å². The second-order valence-corrected chi connectivity index (χ2v) is 6.49. The Morgan fingerprint density at radius 2 is 1.10 bits per heavy atom. The zero-order valence-corrected chi connectivity index (χ0v) is 13.1. The average Bonchev–Trinajstić information content (AvgIpc) is 2.57. The summed E-state index contributed by atoms with van der Waals surface area (Å²) in [4.78, 5) is 0. The first-order chi connectivity index (χ1) is 10.3. The molecule has 0 spiro atoms. The van der Waals surface area contributed by atoms with Crippen LogP contribution in [0.1, 0.15) is 21.6 Å². The zero-order chi connectivity index (χ0) is 14.9. The van der Waals surface area contributed by atoms with Gasteiger partial charge in [0.05, 0.1) is 23.7 Å². The topological polar surface area (TPSA) is 49.7 Å². The lowest BCUT2D eigenvalue weighted by Crippen LogP contribution is -2.02. The summed E-state index contributed by atoms with van der Waals surface area (Å²) in [5.41, 5.74) is 2.04. The van der Waals surface area contributed by atoms with Gasteiger partial charge >= 0.3 is 0 Å². The standard InChI is InChI=1S/C16H18O3S2/c17-11-15(13-7-3-1-4-8-13)20-19-21-16(12-18)14-9-5-2-6-10-14/h1-10,15-18H,11-12H2. The number of aliphatic hydroxyl groups is 2. The number of benzene rings is 2. The molecule has 112 valence electrons. The van der Waals surface area contributed by atoms with Crippen molar-refractivity contribution in [1.29, 1.82) is 0 Å². The van der Waals surface area contributed by atoms with Gasteiger partial charge in [-0.05, 0) is 11.1 Å². The summed E-state index contributed by atoms with van der Waals surface area (Å²) < 4.78 is 5.56. The smallest absolute Gasteiger partial charge is 0.0804 e. The molecule has 0 aliphatic heterocycles. The first-order valence-electron chi connectivity index (χ1n) is 6.65. The highest BCUT2D eigenvalue weighted by atomic mass is 32.2. The van der Waals surface area contributed by atoms with Crippen molar-refractivity contribution in [3.8, 4) is 0 Å². The highest BCUT2D eigenvalue weighted by molar-refractivity contribution is 8.08. The molecule has 2 atom stereocenters. The fourth-order valence-corrected chi connectivity index (χ4v) is 3.43. The Morgan fingerprint density at radius 1 is 0.714 bits per heavy atom. The van der Waals surface area contributed by atoms with E-state index in [1.807, 2.05) is 60.7 Å². The lowest BCUT2D eigenvalue weighted by Gasteiger charge is -2.16. The second kappa shape index (κ2) is 9.12. The fraction of sp³-hybridized carbons (Fsp3) is 0.250. The Hall–Kier alpha value is -0.980. The Morgan fingerprint density at radius 3 is 1.43 bits per heavy atom. The third-order valence-electron chi connectivity index (χ3n) is 2.99. The highest BCUT2D eigenvalue weighted by Gasteiger charge is 2.16. The summed E-state index contributed by atoms with van der Waals surface area (Å²) in [6, 6.07) is 19.5. The summed E-state index contributed by atoms with van der Waals surface area (Å²) in [6.45, 7) is 0.00867. The van der Waals surface area contributed by atoms with Crippen molar-refractivity contribution in [1.82, 2.24) is 0 Å². The van der Waals surface area contributed by atoms with Gasteiger partial charge in [-0.3, -0.25) is 0 Å². The molecule has 2 aromatic rings. The van der Waals surface area contributed by atoms with Crippen LogP contribution in [0, 0.1) is 0 Å². The van der Waals surface area contributed by atoms with Crippen molar-refractivity contribution < 1.29 is 13.8 Å². The van der Waals surface area contributed by atoms with Crippen molar-refractivity contribution in [3.63, 3.8) is 0 Å². The molecule has 0 saturated heterocycles. The molecular weight excluding hydrogens is 304 g/mol. The highest BCUT2D eigenvalue weighted by Crippen LogP contribution is 2.38. The van der Waals surface area contributed by atoms with Gasteiger partial charge < -0.3 is 10.2 Å². The minimum atomic E-state index is -0.131. The van der Waals surface area contributed by atoms with Crippen LogP contribution >= 0.6 is 24.1 Å². The molecule has 0 aliphatic rings. The molecule has 3 nitrogen and oxygen atoms in total. The minimum Gasteiger partial charge on any atom is -0.395 e. The first kappa shape index (κ1) is 16.4. The minimum absolute atomic E-state index is 0.00433. The molecule has 2 aromatic carbocycles. The zero-order valence-electron chi connectivity index (χ0n) is 11.5. The third kappa shape index (κ3) is 5.05. The number of hydrogen-bond acceptors (Lipinski definition) is 5. The monoisotopic (exact) mass is 322 g/mol. The molecule has 0 saturated carbocycles. The van der Waals surface area contributed by atoms with Crippen LogP contribution in [0.4, 0.5) is 0 Å². The van der Waals surface area contributed by atoms with Gasteiger partial charge in [-0.25, -0.2) is 3.63 Å². The molecular formula is C16H18O3S2. The summed E-state index contributed by atoms with van der Waals surface area (Å²) in [5.74, 6) is 0. The Kier molecular flexibility index (Phi) is 7.12. The molecule has 2 unspecified atom stereocenters. The van der Waals surface area contributed by atoms with Crippen LogP contribution in [0.25, 0.3) is 0 Å². The van der Waals surface area contributed by atoms with E-state index in [0.29, 0.717) is 0 Å². The van der Waals surface area contributed by atoms with Crippen LogP contribution in [-0.2, 0) is 3.63 Å². The summed E-state index contributed by atoms with van der Waals surface area (Å²) >= 11 is 2.43. The molecule has 0 heterocycles. The van der Waals surface area contributed by atoms with Crippen LogP contribution in [0.3, 0.4) is 0 Å². The lowest BCUT2D eigenvalue weighted by molar-refractivity contribution is 0.292. The van der Waals surface area contributed by atoms with E-state index in [1.54, 1.807) is 0 Å². The van der Waals surface area contributed by atoms with Crippen LogP contribution in [0.2, 0.25) is 0 Å². The molecule has 2 rings (SSSR count). The fourth-order valence-electron chi connectivity index (χ4n) is 1.84. The van der Waals surface area contributed by atoms with Gasteiger partial charge in [0.15, 0.2) is 0 Å². The molecule has 0 aliphatic carbocycles. The number of rotatable bonds is 8. The van der Waals surface area contributed by atoms with E-state index in [1.165, 1.54) is 24.1 Å². The van der Waals surface area contributed by atoms with E-state index in [0.717, 1.165) is 11.1 Å². The van der Waals surface area contributed by atoms with Crippen molar-refractivity contribution in [2.75, 3.05) is 13.2 Å². The first-order valence-corrected chi connectivity index (χ1v) is 8.26. The van der Waals surface area contributed by atoms with Gasteiger partial charge in [0.25, 0.3) is 0 Å². The summed E-state index contributed by atoms with van der Waals surface area (Å²) in [5, 5.41) is 18.7.